The first kappa shape index (κ1) is 20.7. The fourth-order valence-electron chi connectivity index (χ4n) is 4.14. The van der Waals surface area contributed by atoms with Crippen molar-refractivity contribution in [3.05, 3.63) is 89.4 Å². The van der Waals surface area contributed by atoms with Gasteiger partial charge in [0.15, 0.2) is 0 Å². The minimum atomic E-state index is 0.349. The van der Waals surface area contributed by atoms with Gasteiger partial charge in [0, 0.05) is 16.9 Å². The zero-order valence-corrected chi connectivity index (χ0v) is 19.3. The molecule has 1 saturated carbocycles. The molecular weight excluding hydrogens is 446 g/mol. The van der Waals surface area contributed by atoms with E-state index >= 15 is 0 Å². The summed E-state index contributed by atoms with van der Waals surface area (Å²) in [5.74, 6) is 0.528. The number of benzene rings is 3. The molecule has 0 unspecified atom stereocenters. The summed E-state index contributed by atoms with van der Waals surface area (Å²) in [7, 11) is 1.62. The molecule has 1 N–H and O–H groups in total. The second-order valence-corrected chi connectivity index (χ2v) is 8.76. The SMILES string of the molecule is COc1ncccc1Nc1cc2nc3ccccc3n(-c3cccc(Cl)c3)c-2cc1=NC1CC1. The lowest BCUT2D eigenvalue weighted by atomic mass is 10.1. The molecule has 0 amide bonds. The maximum absolute atomic E-state index is 6.37. The van der Waals surface area contributed by atoms with E-state index in [4.69, 9.17) is 26.3 Å². The summed E-state index contributed by atoms with van der Waals surface area (Å²) in [6, 6.07) is 24.3. The predicted octanol–water partition coefficient (Wildman–Crippen LogP) is 5.99. The Morgan fingerprint density at radius 3 is 2.71 bits per heavy atom. The number of pyridine rings is 1. The smallest absolute Gasteiger partial charge is 0.237 e. The third-order valence-electron chi connectivity index (χ3n) is 5.87. The third-order valence-corrected chi connectivity index (χ3v) is 6.10. The normalized spacial score (nSPS) is 14.0. The number of nitrogens with one attached hydrogen (secondary N) is 1. The van der Waals surface area contributed by atoms with Gasteiger partial charge >= 0.3 is 0 Å². The van der Waals surface area contributed by atoms with E-state index in [1.165, 1.54) is 0 Å². The molecule has 2 aliphatic carbocycles. The monoisotopic (exact) mass is 467 g/mol. The molecule has 3 aromatic rings. The highest BCUT2D eigenvalue weighted by molar-refractivity contribution is 6.30. The van der Waals surface area contributed by atoms with Crippen LogP contribution in [0.2, 0.25) is 5.02 Å². The average Bonchev–Trinajstić information content (AvgIpc) is 3.67. The van der Waals surface area contributed by atoms with Crippen LogP contribution >= 0.6 is 11.6 Å². The molecule has 1 fully saturated rings. The first-order chi connectivity index (χ1) is 16.7. The molecule has 2 aromatic carbocycles. The molecule has 0 spiro atoms. The number of methoxy groups -OCH3 is 1. The largest absolute Gasteiger partial charge is 0.480 e. The maximum Gasteiger partial charge on any atom is 0.237 e. The number of ether oxygens (including phenoxy) is 1. The van der Waals surface area contributed by atoms with Gasteiger partial charge in [-0.25, -0.2) is 9.97 Å². The number of nitrogens with zero attached hydrogens (tertiary/aromatic N) is 4. The molecule has 1 aromatic heterocycles. The Kier molecular flexibility index (Phi) is 5.15. The van der Waals surface area contributed by atoms with Crippen LogP contribution in [0.15, 0.2) is 84.0 Å². The summed E-state index contributed by atoms with van der Waals surface area (Å²) < 4.78 is 7.65. The number of fused-ring (bicyclic) bond motifs is 2. The summed E-state index contributed by atoms with van der Waals surface area (Å²) in [4.78, 5) is 14.3. The lowest BCUT2D eigenvalue weighted by Gasteiger charge is -2.20. The van der Waals surface area contributed by atoms with Crippen molar-refractivity contribution < 1.29 is 4.74 Å². The van der Waals surface area contributed by atoms with Crippen molar-refractivity contribution >= 4 is 34.0 Å². The topological polar surface area (TPSA) is 64.3 Å². The second kappa shape index (κ2) is 8.47. The minimum absolute atomic E-state index is 0.349. The highest BCUT2D eigenvalue weighted by Crippen LogP contribution is 2.32. The summed E-state index contributed by atoms with van der Waals surface area (Å²) >= 11 is 6.37. The number of para-hydroxylation sites is 2. The van der Waals surface area contributed by atoms with E-state index in [2.05, 4.69) is 39.1 Å². The number of anilines is 2. The Balaban J connectivity index is 1.64. The molecule has 0 bridgehead atoms. The van der Waals surface area contributed by atoms with E-state index in [1.54, 1.807) is 13.3 Å². The van der Waals surface area contributed by atoms with Gasteiger partial charge in [0.25, 0.3) is 0 Å². The summed E-state index contributed by atoms with van der Waals surface area (Å²) in [6.45, 7) is 0. The molecule has 34 heavy (non-hydrogen) atoms. The van der Waals surface area contributed by atoms with Crippen LogP contribution in [-0.2, 0) is 0 Å². The lowest BCUT2D eigenvalue weighted by Crippen LogP contribution is -2.16. The second-order valence-electron chi connectivity index (χ2n) is 8.32. The van der Waals surface area contributed by atoms with Crippen LogP contribution in [0.4, 0.5) is 11.4 Å². The lowest BCUT2D eigenvalue weighted by molar-refractivity contribution is 0.400. The zero-order chi connectivity index (χ0) is 23.1. The van der Waals surface area contributed by atoms with Crippen LogP contribution < -0.4 is 15.4 Å². The van der Waals surface area contributed by atoms with E-state index < -0.39 is 0 Å². The van der Waals surface area contributed by atoms with Crippen LogP contribution in [0, 0.1) is 0 Å². The van der Waals surface area contributed by atoms with E-state index in [0.29, 0.717) is 16.9 Å². The number of hydrogen-bond acceptors (Lipinski definition) is 5. The standard InChI is InChI=1S/C27H22ClN5O/c1-34-27-21(9-5-13-29-27)32-22-15-24-26(16-23(22)30-18-11-12-18)33(19-7-4-6-17(28)14-19)25-10-3-2-8-20(25)31-24/h2-10,13-16,18,32H,11-12H2,1H3. The van der Waals surface area contributed by atoms with Gasteiger partial charge in [0.2, 0.25) is 5.88 Å². The van der Waals surface area contributed by atoms with Crippen molar-refractivity contribution in [3.8, 4) is 23.0 Å². The van der Waals surface area contributed by atoms with Crippen LogP contribution in [0.25, 0.3) is 28.1 Å². The molecular formula is C27H22ClN5O. The van der Waals surface area contributed by atoms with Gasteiger partial charge in [-0.1, -0.05) is 29.8 Å². The molecule has 0 saturated heterocycles. The Morgan fingerprint density at radius 2 is 1.88 bits per heavy atom. The Hall–Kier alpha value is -3.90. The van der Waals surface area contributed by atoms with Crippen molar-refractivity contribution in [1.29, 1.82) is 0 Å². The quantitative estimate of drug-likeness (QED) is 0.322. The highest BCUT2D eigenvalue weighted by atomic mass is 35.5. The van der Waals surface area contributed by atoms with Crippen molar-refractivity contribution in [3.63, 3.8) is 0 Å². The number of halogens is 1. The number of rotatable bonds is 5. The van der Waals surface area contributed by atoms with Gasteiger partial charge in [0.1, 0.15) is 5.69 Å². The first-order valence-corrected chi connectivity index (χ1v) is 11.6. The minimum Gasteiger partial charge on any atom is -0.480 e. The van der Waals surface area contributed by atoms with Gasteiger partial charge in [-0.05, 0) is 67.4 Å². The van der Waals surface area contributed by atoms with E-state index in [1.807, 2.05) is 48.5 Å². The van der Waals surface area contributed by atoms with Gasteiger partial charge in [-0.2, -0.15) is 0 Å². The third kappa shape index (κ3) is 3.86. The molecule has 1 aliphatic heterocycles. The van der Waals surface area contributed by atoms with Crippen LogP contribution in [0.1, 0.15) is 12.8 Å². The van der Waals surface area contributed by atoms with E-state index in [0.717, 1.165) is 57.7 Å². The number of aromatic nitrogens is 3. The predicted molar refractivity (Wildman–Crippen MR) is 135 cm³/mol. The van der Waals surface area contributed by atoms with Gasteiger partial charge < -0.3 is 14.6 Å². The number of hydrogen-bond donors (Lipinski definition) is 1. The summed E-state index contributed by atoms with van der Waals surface area (Å²) in [6.07, 6.45) is 3.93. The summed E-state index contributed by atoms with van der Waals surface area (Å²) in [5, 5.41) is 5.05. The van der Waals surface area contributed by atoms with Crippen LogP contribution in [0.5, 0.6) is 5.88 Å². The highest BCUT2D eigenvalue weighted by Gasteiger charge is 2.22. The molecule has 7 heteroatoms. The summed E-state index contributed by atoms with van der Waals surface area (Å²) in [5.41, 5.74) is 6.33. The van der Waals surface area contributed by atoms with Crippen molar-refractivity contribution in [2.24, 2.45) is 4.99 Å². The Bertz CT molecular complexity index is 1560. The Labute approximate surface area is 201 Å². The van der Waals surface area contributed by atoms with Gasteiger partial charge in [-0.3, -0.25) is 4.99 Å². The van der Waals surface area contributed by atoms with Crippen LogP contribution in [0.3, 0.4) is 0 Å². The zero-order valence-electron chi connectivity index (χ0n) is 18.6. The maximum atomic E-state index is 6.37. The fourth-order valence-corrected chi connectivity index (χ4v) is 4.32. The Morgan fingerprint density at radius 1 is 1.00 bits per heavy atom. The van der Waals surface area contributed by atoms with Crippen molar-refractivity contribution in [2.75, 3.05) is 12.4 Å². The van der Waals surface area contributed by atoms with E-state index in [9.17, 15) is 0 Å². The molecule has 0 atom stereocenters. The van der Waals surface area contributed by atoms with E-state index in [-0.39, 0.29) is 0 Å². The van der Waals surface area contributed by atoms with Gasteiger partial charge in [-0.15, -0.1) is 0 Å². The molecule has 3 aliphatic rings. The molecule has 2 heterocycles. The molecule has 6 rings (SSSR count). The van der Waals surface area contributed by atoms with Crippen LogP contribution in [-0.4, -0.2) is 27.7 Å². The van der Waals surface area contributed by atoms with Crippen molar-refractivity contribution in [2.45, 2.75) is 18.9 Å². The van der Waals surface area contributed by atoms with Crippen molar-refractivity contribution in [1.82, 2.24) is 14.5 Å². The fraction of sp³-hybridized carbons (Fsp3) is 0.148. The average molecular weight is 468 g/mol. The molecule has 168 valence electrons. The first-order valence-electron chi connectivity index (χ1n) is 11.2. The molecule has 0 radical (unpaired) electrons. The van der Waals surface area contributed by atoms with Gasteiger partial charge in [0.05, 0.1) is 46.6 Å². The molecule has 6 nitrogen and oxygen atoms in total.